The third-order valence-corrected chi connectivity index (χ3v) is 5.45. The summed E-state index contributed by atoms with van der Waals surface area (Å²) in [5, 5.41) is 3.90. The number of benzene rings is 2. The van der Waals surface area contributed by atoms with E-state index in [0.717, 1.165) is 11.3 Å². The van der Waals surface area contributed by atoms with Crippen LogP contribution in [0.4, 0.5) is 11.6 Å². The highest BCUT2D eigenvalue weighted by Gasteiger charge is 2.16. The molecule has 0 aliphatic rings. The first kappa shape index (κ1) is 21.6. The second kappa shape index (κ2) is 9.32. The largest absolute Gasteiger partial charge is 0.424 e. The maximum absolute atomic E-state index is 12.9. The van der Waals surface area contributed by atoms with Crippen molar-refractivity contribution in [3.63, 3.8) is 0 Å². The average molecular weight is 474 g/mol. The van der Waals surface area contributed by atoms with E-state index in [4.69, 9.17) is 16.3 Å². The number of fused-ring (bicyclic) bond motifs is 1. The van der Waals surface area contributed by atoms with E-state index in [0.29, 0.717) is 41.0 Å². The van der Waals surface area contributed by atoms with Gasteiger partial charge in [0.05, 0.1) is 12.9 Å². The molecule has 2 aromatic carbocycles. The topological polar surface area (TPSA) is 99.8 Å². The van der Waals surface area contributed by atoms with E-state index in [1.165, 1.54) is 0 Å². The zero-order valence-electron chi connectivity index (χ0n) is 18.2. The number of nitrogens with zero attached hydrogens (tertiary/aromatic N) is 6. The van der Waals surface area contributed by atoms with Gasteiger partial charge < -0.3 is 14.6 Å². The van der Waals surface area contributed by atoms with Gasteiger partial charge in [-0.1, -0.05) is 23.7 Å². The van der Waals surface area contributed by atoms with Crippen LogP contribution < -0.4 is 15.6 Å². The van der Waals surface area contributed by atoms with Crippen molar-refractivity contribution in [1.82, 2.24) is 29.1 Å². The van der Waals surface area contributed by atoms with E-state index < -0.39 is 0 Å². The van der Waals surface area contributed by atoms with Gasteiger partial charge in [-0.3, -0.25) is 9.36 Å². The summed E-state index contributed by atoms with van der Waals surface area (Å²) in [5.41, 5.74) is 2.41. The van der Waals surface area contributed by atoms with Gasteiger partial charge in [0.15, 0.2) is 11.2 Å². The zero-order chi connectivity index (χ0) is 23.5. The Morgan fingerprint density at radius 2 is 1.74 bits per heavy atom. The van der Waals surface area contributed by atoms with Crippen molar-refractivity contribution in [1.29, 1.82) is 0 Å². The Morgan fingerprint density at radius 1 is 1.00 bits per heavy atom. The molecule has 9 nitrogen and oxygen atoms in total. The molecule has 0 saturated heterocycles. The summed E-state index contributed by atoms with van der Waals surface area (Å²) >= 11 is 6.05. The number of aryl methyl sites for hydroxylation is 1. The Hall–Kier alpha value is -4.24. The number of hydrogen-bond donors (Lipinski definition) is 1. The van der Waals surface area contributed by atoms with E-state index in [1.807, 2.05) is 47.9 Å². The third kappa shape index (κ3) is 4.46. The molecule has 0 aliphatic carbocycles. The lowest BCUT2D eigenvalue weighted by Crippen LogP contribution is -2.20. The SMILES string of the molecule is CCn1cnc2c1c(=O)nc(Nc1ccc(Oc3ncccn3)cc1)n2Cc1ccc(Cl)cc1. The molecule has 1 N–H and O–H groups in total. The molecule has 0 spiro atoms. The van der Waals surface area contributed by atoms with Crippen LogP contribution in [0.15, 0.2) is 78.1 Å². The molecular formula is C24H20ClN7O2. The van der Waals surface area contributed by atoms with Crippen LogP contribution in [0, 0.1) is 0 Å². The standard InChI is InChI=1S/C24H20ClN7O2/c1-2-31-15-28-21-20(31)22(33)30-23(32(21)14-16-4-6-17(25)7-5-16)29-18-8-10-19(11-9-18)34-24-26-12-3-13-27-24/h3-13,15H,2,14H2,1H3,(H,29,30,33). The molecule has 34 heavy (non-hydrogen) atoms. The summed E-state index contributed by atoms with van der Waals surface area (Å²) in [7, 11) is 0. The first-order valence-electron chi connectivity index (χ1n) is 10.6. The van der Waals surface area contributed by atoms with Crippen molar-refractivity contribution in [2.24, 2.45) is 0 Å². The molecule has 0 amide bonds. The molecule has 0 fully saturated rings. The van der Waals surface area contributed by atoms with Gasteiger partial charge in [0.1, 0.15) is 5.75 Å². The summed E-state index contributed by atoms with van der Waals surface area (Å²) in [6.07, 6.45) is 4.88. The van der Waals surface area contributed by atoms with Crippen LogP contribution in [0.25, 0.3) is 11.2 Å². The summed E-state index contributed by atoms with van der Waals surface area (Å²) in [6.45, 7) is 3.03. The predicted octanol–water partition coefficient (Wildman–Crippen LogP) is 4.64. The highest BCUT2D eigenvalue weighted by molar-refractivity contribution is 6.30. The summed E-state index contributed by atoms with van der Waals surface area (Å²) in [5.74, 6) is 0.967. The van der Waals surface area contributed by atoms with Crippen LogP contribution in [0.2, 0.25) is 5.02 Å². The highest BCUT2D eigenvalue weighted by atomic mass is 35.5. The summed E-state index contributed by atoms with van der Waals surface area (Å²) in [6, 6.07) is 16.7. The van der Waals surface area contributed by atoms with Gasteiger partial charge in [-0.25, -0.2) is 15.0 Å². The van der Waals surface area contributed by atoms with Gasteiger partial charge in [0, 0.05) is 29.6 Å². The number of rotatable bonds is 7. The quantitative estimate of drug-likeness (QED) is 0.367. The summed E-state index contributed by atoms with van der Waals surface area (Å²) < 4.78 is 9.32. The average Bonchev–Trinajstić information content (AvgIpc) is 3.30. The van der Waals surface area contributed by atoms with Crippen molar-refractivity contribution in [3.05, 3.63) is 94.3 Å². The van der Waals surface area contributed by atoms with Gasteiger partial charge in [0.25, 0.3) is 0 Å². The normalized spacial score (nSPS) is 11.0. The molecule has 10 heteroatoms. The number of aromatic nitrogens is 6. The van der Waals surface area contributed by atoms with Crippen molar-refractivity contribution in [2.75, 3.05) is 5.32 Å². The minimum Gasteiger partial charge on any atom is -0.424 e. The van der Waals surface area contributed by atoms with E-state index in [-0.39, 0.29) is 11.6 Å². The van der Waals surface area contributed by atoms with Gasteiger partial charge in [-0.2, -0.15) is 4.98 Å². The lowest BCUT2D eigenvalue weighted by molar-refractivity contribution is 0.442. The van der Waals surface area contributed by atoms with Crippen LogP contribution >= 0.6 is 11.6 Å². The molecule has 0 aliphatic heterocycles. The number of anilines is 2. The van der Waals surface area contributed by atoms with Crippen LogP contribution in [0.3, 0.4) is 0 Å². The molecule has 5 aromatic rings. The molecule has 0 bridgehead atoms. The maximum atomic E-state index is 12.9. The highest BCUT2D eigenvalue weighted by Crippen LogP contribution is 2.24. The lowest BCUT2D eigenvalue weighted by atomic mass is 10.2. The smallest absolute Gasteiger partial charge is 0.321 e. The zero-order valence-corrected chi connectivity index (χ0v) is 19.0. The second-order valence-electron chi connectivity index (χ2n) is 7.44. The Bertz CT molecular complexity index is 1480. The molecule has 0 saturated carbocycles. The van der Waals surface area contributed by atoms with Crippen molar-refractivity contribution in [2.45, 2.75) is 20.0 Å². The van der Waals surface area contributed by atoms with E-state index in [9.17, 15) is 4.79 Å². The monoisotopic (exact) mass is 473 g/mol. The molecule has 5 rings (SSSR count). The number of nitrogens with one attached hydrogen (secondary N) is 1. The van der Waals surface area contributed by atoms with Gasteiger partial charge >= 0.3 is 11.6 Å². The van der Waals surface area contributed by atoms with Gasteiger partial charge in [-0.05, 0) is 55.0 Å². The molecule has 0 radical (unpaired) electrons. The van der Waals surface area contributed by atoms with Crippen LogP contribution in [0.1, 0.15) is 12.5 Å². The summed E-state index contributed by atoms with van der Waals surface area (Å²) in [4.78, 5) is 29.8. The minimum absolute atomic E-state index is 0.263. The van der Waals surface area contributed by atoms with E-state index >= 15 is 0 Å². The fraction of sp³-hybridized carbons (Fsp3) is 0.125. The van der Waals surface area contributed by atoms with Crippen LogP contribution in [0.5, 0.6) is 11.8 Å². The molecule has 3 heterocycles. The molecule has 0 atom stereocenters. The first-order chi connectivity index (χ1) is 16.6. The number of hydrogen-bond acceptors (Lipinski definition) is 7. The molecule has 0 unspecified atom stereocenters. The van der Waals surface area contributed by atoms with Crippen LogP contribution in [-0.4, -0.2) is 29.1 Å². The van der Waals surface area contributed by atoms with Crippen molar-refractivity contribution < 1.29 is 4.74 Å². The lowest BCUT2D eigenvalue weighted by Gasteiger charge is -2.15. The molecule has 3 aromatic heterocycles. The maximum Gasteiger partial charge on any atom is 0.321 e. The van der Waals surface area contributed by atoms with Crippen molar-refractivity contribution in [3.8, 4) is 11.8 Å². The first-order valence-corrected chi connectivity index (χ1v) is 11.0. The molecular weight excluding hydrogens is 454 g/mol. The minimum atomic E-state index is -0.342. The Labute approximate surface area is 199 Å². The fourth-order valence-electron chi connectivity index (χ4n) is 3.53. The van der Waals surface area contributed by atoms with Gasteiger partial charge in [0.2, 0.25) is 5.95 Å². The van der Waals surface area contributed by atoms with E-state index in [2.05, 4.69) is 25.3 Å². The Kier molecular flexibility index (Phi) is 5.92. The number of ether oxygens (including phenoxy) is 1. The third-order valence-electron chi connectivity index (χ3n) is 5.20. The second-order valence-corrected chi connectivity index (χ2v) is 7.88. The number of imidazole rings is 1. The fourth-order valence-corrected chi connectivity index (χ4v) is 3.66. The van der Waals surface area contributed by atoms with Crippen LogP contribution in [-0.2, 0) is 13.1 Å². The number of halogens is 1. The molecule has 170 valence electrons. The van der Waals surface area contributed by atoms with E-state index in [1.54, 1.807) is 41.5 Å². The predicted molar refractivity (Wildman–Crippen MR) is 130 cm³/mol. The van der Waals surface area contributed by atoms with Crippen molar-refractivity contribution >= 4 is 34.4 Å². The van der Waals surface area contributed by atoms with Gasteiger partial charge in [-0.15, -0.1) is 0 Å². The Morgan fingerprint density at radius 3 is 2.44 bits per heavy atom. The Balaban J connectivity index is 1.49.